The normalized spacial score (nSPS) is 12.4. The highest BCUT2D eigenvalue weighted by Gasteiger charge is 2.04. The van der Waals surface area contributed by atoms with Crippen molar-refractivity contribution in [1.29, 1.82) is 5.41 Å². The maximum atomic E-state index is 7.15. The SMILES string of the molecule is CC(OCc1ccc(Br)cc1)C(=N)N. The van der Waals surface area contributed by atoms with Gasteiger partial charge in [0.15, 0.2) is 0 Å². The first-order valence-electron chi connectivity index (χ1n) is 4.29. The predicted octanol–water partition coefficient (Wildman–Crippen LogP) is 2.29. The largest absolute Gasteiger partial charge is 0.385 e. The summed E-state index contributed by atoms with van der Waals surface area (Å²) in [6.07, 6.45) is -0.321. The Kier molecular flexibility index (Phi) is 4.10. The first kappa shape index (κ1) is 11.2. The molecule has 0 bridgehead atoms. The van der Waals surface area contributed by atoms with Gasteiger partial charge in [-0.3, -0.25) is 5.41 Å². The Hall–Kier alpha value is -0.870. The van der Waals surface area contributed by atoms with Gasteiger partial charge in [-0.15, -0.1) is 0 Å². The molecule has 0 heterocycles. The van der Waals surface area contributed by atoms with Crippen LogP contribution in [-0.4, -0.2) is 11.9 Å². The highest BCUT2D eigenvalue weighted by Crippen LogP contribution is 2.11. The first-order chi connectivity index (χ1) is 6.59. The molecule has 0 amide bonds. The van der Waals surface area contributed by atoms with E-state index in [1.165, 1.54) is 0 Å². The molecule has 0 saturated heterocycles. The molecule has 76 valence electrons. The summed E-state index contributed by atoms with van der Waals surface area (Å²) in [6.45, 7) is 2.25. The van der Waals surface area contributed by atoms with E-state index in [4.69, 9.17) is 15.9 Å². The molecule has 1 rings (SSSR count). The molecule has 3 nitrogen and oxygen atoms in total. The van der Waals surface area contributed by atoms with Crippen molar-refractivity contribution in [3.05, 3.63) is 34.3 Å². The van der Waals surface area contributed by atoms with Crippen LogP contribution in [0.4, 0.5) is 0 Å². The molecule has 0 saturated carbocycles. The van der Waals surface area contributed by atoms with Gasteiger partial charge in [-0.25, -0.2) is 0 Å². The Bertz CT molecular complexity index is 310. The lowest BCUT2D eigenvalue weighted by Gasteiger charge is -2.10. The van der Waals surface area contributed by atoms with Gasteiger partial charge in [0.25, 0.3) is 0 Å². The van der Waals surface area contributed by atoms with Gasteiger partial charge in [0, 0.05) is 4.47 Å². The maximum absolute atomic E-state index is 7.15. The fourth-order valence-electron chi connectivity index (χ4n) is 0.892. The van der Waals surface area contributed by atoms with Crippen LogP contribution in [0, 0.1) is 5.41 Å². The molecular weight excluding hydrogens is 244 g/mol. The third-order valence-electron chi connectivity index (χ3n) is 1.85. The van der Waals surface area contributed by atoms with Gasteiger partial charge in [-0.1, -0.05) is 28.1 Å². The zero-order valence-electron chi connectivity index (χ0n) is 7.96. The third-order valence-corrected chi connectivity index (χ3v) is 2.38. The number of amidine groups is 1. The van der Waals surface area contributed by atoms with Crippen LogP contribution in [0.2, 0.25) is 0 Å². The maximum Gasteiger partial charge on any atom is 0.120 e. The van der Waals surface area contributed by atoms with Crippen LogP contribution in [0.25, 0.3) is 0 Å². The van der Waals surface area contributed by atoms with Gasteiger partial charge >= 0.3 is 0 Å². The number of halogens is 1. The van der Waals surface area contributed by atoms with Crippen molar-refractivity contribution in [3.63, 3.8) is 0 Å². The van der Waals surface area contributed by atoms with Gasteiger partial charge < -0.3 is 10.5 Å². The molecule has 3 N–H and O–H groups in total. The minimum absolute atomic E-state index is 0.0575. The molecule has 1 aromatic carbocycles. The van der Waals surface area contributed by atoms with Crippen molar-refractivity contribution >= 4 is 21.8 Å². The number of nitrogens with one attached hydrogen (secondary N) is 1. The number of hydrogen-bond donors (Lipinski definition) is 2. The van der Waals surface area contributed by atoms with Crippen molar-refractivity contribution < 1.29 is 4.74 Å². The van der Waals surface area contributed by atoms with E-state index in [1.807, 2.05) is 24.3 Å². The van der Waals surface area contributed by atoms with Crippen molar-refractivity contribution in [2.45, 2.75) is 19.6 Å². The Morgan fingerprint density at radius 2 is 2.07 bits per heavy atom. The van der Waals surface area contributed by atoms with Crippen molar-refractivity contribution in [3.8, 4) is 0 Å². The van der Waals surface area contributed by atoms with E-state index < -0.39 is 0 Å². The summed E-state index contributed by atoms with van der Waals surface area (Å²) in [4.78, 5) is 0. The number of benzene rings is 1. The fourth-order valence-corrected chi connectivity index (χ4v) is 1.16. The molecule has 1 unspecified atom stereocenters. The van der Waals surface area contributed by atoms with Crippen LogP contribution in [-0.2, 0) is 11.3 Å². The molecule has 4 heteroatoms. The summed E-state index contributed by atoms with van der Waals surface area (Å²) in [5, 5.41) is 7.15. The monoisotopic (exact) mass is 256 g/mol. The van der Waals surface area contributed by atoms with E-state index in [0.717, 1.165) is 10.0 Å². The van der Waals surface area contributed by atoms with Crippen molar-refractivity contribution in [2.75, 3.05) is 0 Å². The van der Waals surface area contributed by atoms with Crippen LogP contribution in [0.1, 0.15) is 12.5 Å². The number of rotatable bonds is 4. The minimum Gasteiger partial charge on any atom is -0.385 e. The van der Waals surface area contributed by atoms with Gasteiger partial charge in [-0.05, 0) is 24.6 Å². The highest BCUT2D eigenvalue weighted by atomic mass is 79.9. The number of hydrogen-bond acceptors (Lipinski definition) is 2. The summed E-state index contributed by atoms with van der Waals surface area (Å²) in [7, 11) is 0. The molecule has 0 aliphatic rings. The summed E-state index contributed by atoms with van der Waals surface area (Å²) < 4.78 is 6.41. The quantitative estimate of drug-likeness (QED) is 0.642. The van der Waals surface area contributed by atoms with Crippen LogP contribution in [0.3, 0.4) is 0 Å². The highest BCUT2D eigenvalue weighted by molar-refractivity contribution is 9.10. The van der Waals surface area contributed by atoms with Crippen LogP contribution >= 0.6 is 15.9 Å². The lowest BCUT2D eigenvalue weighted by Crippen LogP contribution is -2.27. The minimum atomic E-state index is -0.321. The third kappa shape index (κ3) is 3.47. The topological polar surface area (TPSA) is 59.1 Å². The Morgan fingerprint density at radius 1 is 1.50 bits per heavy atom. The Balaban J connectivity index is 2.46. The van der Waals surface area contributed by atoms with E-state index in [-0.39, 0.29) is 11.9 Å². The summed E-state index contributed by atoms with van der Waals surface area (Å²) in [5.74, 6) is 0.0575. The average molecular weight is 257 g/mol. The van der Waals surface area contributed by atoms with Gasteiger partial charge in [0.05, 0.1) is 6.61 Å². The summed E-state index contributed by atoms with van der Waals surface area (Å²) in [6, 6.07) is 7.85. The summed E-state index contributed by atoms with van der Waals surface area (Å²) in [5.41, 5.74) is 6.35. The molecule has 0 aromatic heterocycles. The second kappa shape index (κ2) is 5.12. The molecule has 0 aliphatic carbocycles. The number of nitrogens with two attached hydrogens (primary N) is 1. The molecule has 0 spiro atoms. The standard InChI is InChI=1S/C10H13BrN2O/c1-7(10(12)13)14-6-8-2-4-9(11)5-3-8/h2-5,7H,6H2,1H3,(H3,12,13). The fraction of sp³-hybridized carbons (Fsp3) is 0.300. The average Bonchev–Trinajstić information content (AvgIpc) is 2.16. The van der Waals surface area contributed by atoms with E-state index in [2.05, 4.69) is 15.9 Å². The second-order valence-electron chi connectivity index (χ2n) is 3.04. The molecular formula is C10H13BrN2O. The second-order valence-corrected chi connectivity index (χ2v) is 3.95. The first-order valence-corrected chi connectivity index (χ1v) is 5.09. The molecule has 1 aromatic rings. The van der Waals surface area contributed by atoms with E-state index in [9.17, 15) is 0 Å². The van der Waals surface area contributed by atoms with Gasteiger partial charge in [-0.2, -0.15) is 0 Å². The molecule has 14 heavy (non-hydrogen) atoms. The van der Waals surface area contributed by atoms with Crippen LogP contribution in [0.5, 0.6) is 0 Å². The van der Waals surface area contributed by atoms with E-state index in [1.54, 1.807) is 6.92 Å². The van der Waals surface area contributed by atoms with Crippen molar-refractivity contribution in [1.82, 2.24) is 0 Å². The zero-order chi connectivity index (χ0) is 10.6. The molecule has 1 atom stereocenters. The van der Waals surface area contributed by atoms with Crippen molar-refractivity contribution in [2.24, 2.45) is 5.73 Å². The summed E-state index contributed by atoms with van der Waals surface area (Å²) >= 11 is 3.35. The van der Waals surface area contributed by atoms with E-state index in [0.29, 0.717) is 6.61 Å². The van der Waals surface area contributed by atoms with Crippen LogP contribution in [0.15, 0.2) is 28.7 Å². The molecule has 0 fully saturated rings. The Morgan fingerprint density at radius 3 is 2.57 bits per heavy atom. The predicted molar refractivity (Wildman–Crippen MR) is 60.3 cm³/mol. The van der Waals surface area contributed by atoms with Gasteiger partial charge in [0.1, 0.15) is 11.9 Å². The van der Waals surface area contributed by atoms with E-state index >= 15 is 0 Å². The smallest absolute Gasteiger partial charge is 0.120 e. The Labute approximate surface area is 91.9 Å². The number of ether oxygens (including phenoxy) is 1. The molecule has 0 radical (unpaired) electrons. The van der Waals surface area contributed by atoms with Gasteiger partial charge in [0.2, 0.25) is 0 Å². The zero-order valence-corrected chi connectivity index (χ0v) is 9.54. The lowest BCUT2D eigenvalue weighted by molar-refractivity contribution is 0.0948. The van der Waals surface area contributed by atoms with Crippen LogP contribution < -0.4 is 5.73 Å². The lowest BCUT2D eigenvalue weighted by atomic mass is 10.2. The molecule has 0 aliphatic heterocycles.